The number of carbonyl (C=O) groups is 1. The third kappa shape index (κ3) is 4.97. The lowest BCUT2D eigenvalue weighted by atomic mass is 9.92. The molecule has 2 aromatic carbocycles. The molecule has 168 valence electrons. The number of aromatic hydroxyl groups is 3. The summed E-state index contributed by atoms with van der Waals surface area (Å²) in [6, 6.07) is 5.45. The van der Waals surface area contributed by atoms with Gasteiger partial charge in [-0.05, 0) is 82.2 Å². The Labute approximate surface area is 187 Å². The Morgan fingerprint density at radius 1 is 1.19 bits per heavy atom. The molecule has 0 spiro atoms. The van der Waals surface area contributed by atoms with Gasteiger partial charge < -0.3 is 24.8 Å². The largest absolute Gasteiger partial charge is 0.508 e. The number of rotatable bonds is 7. The van der Waals surface area contributed by atoms with Crippen molar-refractivity contribution in [1.29, 1.82) is 0 Å². The highest BCUT2D eigenvalue weighted by atomic mass is 16.5. The first-order chi connectivity index (χ1) is 15.1. The van der Waals surface area contributed by atoms with Crippen LogP contribution in [0.3, 0.4) is 0 Å². The molecule has 0 saturated carbocycles. The van der Waals surface area contributed by atoms with Gasteiger partial charge in [0.2, 0.25) is 0 Å². The number of carbonyl (C=O) groups excluding carboxylic acids is 1. The molecule has 0 aromatic heterocycles. The standard InChI is InChI=1S/C26H28O6/c1-16(2)6-5-12-26(3)13-11-19-24(30)20(15-23(31-4)25(19)32-26)22(29)9-7-17-14-18(27)8-10-21(17)28/h6-11,13-15,27-28,30H,5,12H2,1-4H3/b9-7+. The van der Waals surface area contributed by atoms with Gasteiger partial charge in [0.1, 0.15) is 22.8 Å². The van der Waals surface area contributed by atoms with Crippen LogP contribution < -0.4 is 9.47 Å². The number of allylic oxidation sites excluding steroid dienone is 3. The fourth-order valence-electron chi connectivity index (χ4n) is 3.49. The second-order valence-electron chi connectivity index (χ2n) is 8.23. The predicted octanol–water partition coefficient (Wildman–Crippen LogP) is 5.62. The number of phenols is 3. The van der Waals surface area contributed by atoms with Gasteiger partial charge in [-0.2, -0.15) is 0 Å². The van der Waals surface area contributed by atoms with Gasteiger partial charge in [-0.25, -0.2) is 0 Å². The van der Waals surface area contributed by atoms with E-state index in [4.69, 9.17) is 9.47 Å². The van der Waals surface area contributed by atoms with Crippen molar-refractivity contribution in [2.45, 2.75) is 39.2 Å². The number of fused-ring (bicyclic) bond motifs is 1. The lowest BCUT2D eigenvalue weighted by Gasteiger charge is -2.33. The Kier molecular flexibility index (Phi) is 6.63. The van der Waals surface area contributed by atoms with Crippen molar-refractivity contribution in [2.75, 3.05) is 7.11 Å². The van der Waals surface area contributed by atoms with E-state index in [2.05, 4.69) is 6.08 Å². The molecule has 0 radical (unpaired) electrons. The minimum Gasteiger partial charge on any atom is -0.508 e. The van der Waals surface area contributed by atoms with Crippen LogP contribution in [0, 0.1) is 0 Å². The van der Waals surface area contributed by atoms with Crippen LogP contribution in [0.5, 0.6) is 28.7 Å². The molecule has 3 rings (SSSR count). The molecule has 2 aromatic rings. The second-order valence-corrected chi connectivity index (χ2v) is 8.23. The van der Waals surface area contributed by atoms with Gasteiger partial charge in [-0.3, -0.25) is 4.79 Å². The molecule has 3 N–H and O–H groups in total. The third-order valence-electron chi connectivity index (χ3n) is 5.30. The zero-order valence-electron chi connectivity index (χ0n) is 18.7. The van der Waals surface area contributed by atoms with Gasteiger partial charge in [0.05, 0.1) is 18.2 Å². The van der Waals surface area contributed by atoms with Crippen LogP contribution in [-0.2, 0) is 0 Å². The number of benzene rings is 2. The minimum absolute atomic E-state index is 0.0388. The molecule has 1 aliphatic rings. The maximum atomic E-state index is 12.8. The average molecular weight is 437 g/mol. The Morgan fingerprint density at radius 3 is 2.62 bits per heavy atom. The summed E-state index contributed by atoms with van der Waals surface area (Å²) in [6.07, 6.45) is 9.95. The molecule has 0 bridgehead atoms. The van der Waals surface area contributed by atoms with Crippen molar-refractivity contribution >= 4 is 17.9 Å². The zero-order chi connectivity index (χ0) is 23.5. The number of phenolic OH excluding ortho intramolecular Hbond substituents is 3. The summed E-state index contributed by atoms with van der Waals surface area (Å²) in [4.78, 5) is 12.8. The molecule has 0 amide bonds. The lowest BCUT2D eigenvalue weighted by Crippen LogP contribution is -2.32. The Hall–Kier alpha value is -3.67. The van der Waals surface area contributed by atoms with Crippen LogP contribution in [0.15, 0.2) is 48.1 Å². The topological polar surface area (TPSA) is 96.2 Å². The van der Waals surface area contributed by atoms with Crippen molar-refractivity contribution in [2.24, 2.45) is 0 Å². The van der Waals surface area contributed by atoms with Gasteiger partial charge in [0.15, 0.2) is 17.3 Å². The molecule has 0 saturated heterocycles. The quantitative estimate of drug-likeness (QED) is 0.226. The number of ketones is 1. The molecular formula is C26H28O6. The summed E-state index contributed by atoms with van der Waals surface area (Å²) < 4.78 is 11.7. The summed E-state index contributed by atoms with van der Waals surface area (Å²) >= 11 is 0. The van der Waals surface area contributed by atoms with Crippen molar-refractivity contribution in [1.82, 2.24) is 0 Å². The number of hydrogen-bond donors (Lipinski definition) is 3. The SMILES string of the molecule is COc1cc(C(=O)/C=C/c2cc(O)ccc2O)c(O)c2c1OC(C)(CCC=C(C)C)C=C2. The maximum Gasteiger partial charge on any atom is 0.189 e. The number of hydrogen-bond acceptors (Lipinski definition) is 6. The Bertz CT molecular complexity index is 1120. The molecule has 1 atom stereocenters. The van der Waals surface area contributed by atoms with Gasteiger partial charge in [0, 0.05) is 5.56 Å². The van der Waals surface area contributed by atoms with E-state index in [1.807, 2.05) is 26.8 Å². The van der Waals surface area contributed by atoms with E-state index in [9.17, 15) is 20.1 Å². The summed E-state index contributed by atoms with van der Waals surface area (Å²) in [5.41, 5.74) is 1.35. The van der Waals surface area contributed by atoms with Gasteiger partial charge >= 0.3 is 0 Å². The van der Waals surface area contributed by atoms with E-state index in [1.54, 1.807) is 6.08 Å². The maximum absolute atomic E-state index is 12.8. The number of ether oxygens (including phenoxy) is 2. The molecule has 1 unspecified atom stereocenters. The average Bonchev–Trinajstić information content (AvgIpc) is 2.74. The van der Waals surface area contributed by atoms with Gasteiger partial charge in [-0.1, -0.05) is 11.6 Å². The normalized spacial score (nSPS) is 17.0. The smallest absolute Gasteiger partial charge is 0.189 e. The molecule has 6 nitrogen and oxygen atoms in total. The highest BCUT2D eigenvalue weighted by molar-refractivity contribution is 6.10. The molecular weight excluding hydrogens is 408 g/mol. The predicted molar refractivity (Wildman–Crippen MR) is 125 cm³/mol. The highest BCUT2D eigenvalue weighted by Gasteiger charge is 2.32. The van der Waals surface area contributed by atoms with Gasteiger partial charge in [-0.15, -0.1) is 0 Å². The third-order valence-corrected chi connectivity index (χ3v) is 5.30. The monoisotopic (exact) mass is 436 g/mol. The molecule has 1 heterocycles. The van der Waals surface area contributed by atoms with Crippen molar-refractivity contribution in [3.8, 4) is 28.7 Å². The van der Waals surface area contributed by atoms with E-state index in [0.717, 1.165) is 12.8 Å². The van der Waals surface area contributed by atoms with E-state index in [1.165, 1.54) is 49.1 Å². The van der Waals surface area contributed by atoms with Crippen molar-refractivity contribution < 1.29 is 29.6 Å². The van der Waals surface area contributed by atoms with Crippen molar-refractivity contribution in [3.63, 3.8) is 0 Å². The van der Waals surface area contributed by atoms with Crippen LogP contribution in [0.2, 0.25) is 0 Å². The number of methoxy groups -OCH3 is 1. The fourth-order valence-corrected chi connectivity index (χ4v) is 3.49. The Balaban J connectivity index is 1.92. The van der Waals surface area contributed by atoms with Crippen LogP contribution in [0.25, 0.3) is 12.2 Å². The first-order valence-corrected chi connectivity index (χ1v) is 10.3. The molecule has 1 aliphatic heterocycles. The van der Waals surface area contributed by atoms with Crippen molar-refractivity contribution in [3.05, 3.63) is 64.8 Å². The second kappa shape index (κ2) is 9.22. The molecule has 0 fully saturated rings. The lowest BCUT2D eigenvalue weighted by molar-refractivity contribution is 0.104. The molecule has 6 heteroatoms. The van der Waals surface area contributed by atoms with Gasteiger partial charge in [0.25, 0.3) is 0 Å². The van der Waals surface area contributed by atoms with Crippen LogP contribution in [0.4, 0.5) is 0 Å². The fraction of sp³-hybridized carbons (Fsp3) is 0.269. The first kappa shape index (κ1) is 23.0. The summed E-state index contributed by atoms with van der Waals surface area (Å²) in [5.74, 6) is -0.0911. The summed E-state index contributed by atoms with van der Waals surface area (Å²) in [6.45, 7) is 6.06. The summed E-state index contributed by atoms with van der Waals surface area (Å²) in [7, 11) is 1.48. The van der Waals surface area contributed by atoms with E-state index in [-0.39, 0.29) is 28.4 Å². The van der Waals surface area contributed by atoms with E-state index >= 15 is 0 Å². The highest BCUT2D eigenvalue weighted by Crippen LogP contribution is 2.46. The van der Waals surface area contributed by atoms with E-state index in [0.29, 0.717) is 17.1 Å². The van der Waals surface area contributed by atoms with E-state index < -0.39 is 11.4 Å². The first-order valence-electron chi connectivity index (χ1n) is 10.3. The molecule has 32 heavy (non-hydrogen) atoms. The summed E-state index contributed by atoms with van der Waals surface area (Å²) in [5, 5.41) is 30.3. The Morgan fingerprint density at radius 2 is 1.94 bits per heavy atom. The van der Waals surface area contributed by atoms with Crippen LogP contribution in [-0.4, -0.2) is 33.8 Å². The zero-order valence-corrected chi connectivity index (χ0v) is 18.7. The molecule has 0 aliphatic carbocycles. The minimum atomic E-state index is -0.572. The van der Waals surface area contributed by atoms with Crippen LogP contribution in [0.1, 0.15) is 55.1 Å². The van der Waals surface area contributed by atoms with Crippen LogP contribution >= 0.6 is 0 Å².